The normalized spacial score (nSPS) is 15.0. The molecule has 0 amide bonds. The molecule has 1 aliphatic rings. The highest BCUT2D eigenvalue weighted by Gasteiger charge is 2.21. The summed E-state index contributed by atoms with van der Waals surface area (Å²) in [5.74, 6) is 0.244. The van der Waals surface area contributed by atoms with Crippen molar-refractivity contribution in [1.29, 1.82) is 0 Å². The minimum atomic E-state index is -0.197. The van der Waals surface area contributed by atoms with Crippen LogP contribution in [0.4, 0.5) is 10.2 Å². The van der Waals surface area contributed by atoms with Crippen molar-refractivity contribution in [3.05, 3.63) is 23.6 Å². The summed E-state index contributed by atoms with van der Waals surface area (Å²) in [5.41, 5.74) is 0.702. The van der Waals surface area contributed by atoms with E-state index >= 15 is 0 Å². The van der Waals surface area contributed by atoms with E-state index < -0.39 is 0 Å². The van der Waals surface area contributed by atoms with Crippen LogP contribution in [-0.2, 0) is 6.54 Å². The molecule has 1 aromatic rings. The van der Waals surface area contributed by atoms with Gasteiger partial charge < -0.3 is 15.1 Å². The first-order chi connectivity index (χ1) is 9.08. The van der Waals surface area contributed by atoms with Crippen LogP contribution in [-0.4, -0.2) is 50.2 Å². The van der Waals surface area contributed by atoms with Crippen molar-refractivity contribution in [2.45, 2.75) is 25.4 Å². The van der Waals surface area contributed by atoms with E-state index in [1.807, 2.05) is 26.0 Å². The Hall–Kier alpha value is -1.20. The molecule has 1 N–H and O–H groups in total. The molecule has 0 aromatic carbocycles. The van der Waals surface area contributed by atoms with Gasteiger partial charge >= 0.3 is 0 Å². The van der Waals surface area contributed by atoms with Gasteiger partial charge in [0.25, 0.3) is 0 Å². The fourth-order valence-electron chi connectivity index (χ4n) is 1.87. The Balaban J connectivity index is 2.00. The topological polar surface area (TPSA) is 31.4 Å². The molecule has 0 radical (unpaired) electrons. The molecule has 1 aliphatic carbocycles. The number of anilines is 1. The fraction of sp³-hybridized carbons (Fsp3) is 0.643. The van der Waals surface area contributed by atoms with Gasteiger partial charge in [0, 0.05) is 44.5 Å². The third-order valence-corrected chi connectivity index (χ3v) is 3.35. The first kappa shape index (κ1) is 14.2. The second-order valence-electron chi connectivity index (χ2n) is 5.49. The Kier molecular flexibility index (Phi) is 4.71. The van der Waals surface area contributed by atoms with E-state index in [1.54, 1.807) is 12.3 Å². The quantitative estimate of drug-likeness (QED) is 0.810. The smallest absolute Gasteiger partial charge is 0.170 e. The van der Waals surface area contributed by atoms with Crippen LogP contribution in [0.3, 0.4) is 0 Å². The van der Waals surface area contributed by atoms with Gasteiger partial charge in [0.05, 0.1) is 0 Å². The number of hydrogen-bond acceptors (Lipinski definition) is 4. The lowest BCUT2D eigenvalue weighted by Crippen LogP contribution is -2.30. The molecule has 0 bridgehead atoms. The van der Waals surface area contributed by atoms with E-state index in [9.17, 15) is 4.39 Å². The lowest BCUT2D eigenvalue weighted by Gasteiger charge is -2.21. The molecule has 0 spiro atoms. The zero-order chi connectivity index (χ0) is 13.8. The molecule has 0 unspecified atom stereocenters. The van der Waals surface area contributed by atoms with Gasteiger partial charge in [-0.2, -0.15) is 0 Å². The van der Waals surface area contributed by atoms with E-state index in [0.717, 1.165) is 13.1 Å². The van der Waals surface area contributed by atoms with E-state index in [1.165, 1.54) is 12.8 Å². The van der Waals surface area contributed by atoms with Gasteiger partial charge in [-0.25, -0.2) is 9.37 Å². The number of halogens is 1. The molecular weight excluding hydrogens is 243 g/mol. The molecule has 1 aromatic heterocycles. The molecule has 106 valence electrons. The number of nitrogens with zero attached hydrogens (tertiary/aromatic N) is 3. The number of likely N-dealkylation sites (N-methyl/N-ethyl adjacent to an activating group) is 2. The van der Waals surface area contributed by atoms with E-state index in [0.29, 0.717) is 24.0 Å². The summed E-state index contributed by atoms with van der Waals surface area (Å²) >= 11 is 0. The van der Waals surface area contributed by atoms with Gasteiger partial charge in [0.2, 0.25) is 0 Å². The maximum Gasteiger partial charge on any atom is 0.170 e. The summed E-state index contributed by atoms with van der Waals surface area (Å²) in [6, 6.07) is 2.34. The van der Waals surface area contributed by atoms with Crippen molar-refractivity contribution < 1.29 is 4.39 Å². The predicted molar refractivity (Wildman–Crippen MR) is 75.9 cm³/mol. The van der Waals surface area contributed by atoms with E-state index in [-0.39, 0.29) is 5.82 Å². The Bertz CT molecular complexity index is 418. The molecule has 2 rings (SSSR count). The first-order valence-corrected chi connectivity index (χ1v) is 6.80. The molecule has 19 heavy (non-hydrogen) atoms. The van der Waals surface area contributed by atoms with Crippen LogP contribution in [0.25, 0.3) is 0 Å². The highest BCUT2D eigenvalue weighted by molar-refractivity contribution is 5.42. The summed E-state index contributed by atoms with van der Waals surface area (Å²) in [4.78, 5) is 8.11. The van der Waals surface area contributed by atoms with Gasteiger partial charge in [-0.1, -0.05) is 0 Å². The number of aromatic nitrogens is 1. The van der Waals surface area contributed by atoms with Crippen molar-refractivity contribution in [3.8, 4) is 0 Å². The molecule has 1 fully saturated rings. The predicted octanol–water partition coefficient (Wildman–Crippen LogP) is 1.47. The lowest BCUT2D eigenvalue weighted by atomic mass is 10.2. The molecule has 0 atom stereocenters. The van der Waals surface area contributed by atoms with Crippen molar-refractivity contribution in [2.24, 2.45) is 0 Å². The highest BCUT2D eigenvalue weighted by atomic mass is 19.1. The van der Waals surface area contributed by atoms with Gasteiger partial charge in [-0.15, -0.1) is 0 Å². The van der Waals surface area contributed by atoms with Gasteiger partial charge in [-0.3, -0.25) is 0 Å². The second kappa shape index (κ2) is 6.30. The Labute approximate surface area is 114 Å². The van der Waals surface area contributed by atoms with Gasteiger partial charge in [0.1, 0.15) is 0 Å². The van der Waals surface area contributed by atoms with Gasteiger partial charge in [0.15, 0.2) is 11.6 Å². The number of hydrogen-bond donors (Lipinski definition) is 1. The molecule has 5 heteroatoms. The van der Waals surface area contributed by atoms with Crippen molar-refractivity contribution in [2.75, 3.05) is 39.1 Å². The minimum Gasteiger partial charge on any atom is -0.356 e. The molecule has 1 heterocycles. The molecule has 0 saturated heterocycles. The van der Waals surface area contributed by atoms with Crippen LogP contribution in [0.2, 0.25) is 0 Å². The Morgan fingerprint density at radius 2 is 2.05 bits per heavy atom. The zero-order valence-electron chi connectivity index (χ0n) is 12.0. The van der Waals surface area contributed by atoms with Crippen molar-refractivity contribution in [3.63, 3.8) is 0 Å². The van der Waals surface area contributed by atoms with Crippen LogP contribution in [0.1, 0.15) is 18.4 Å². The van der Waals surface area contributed by atoms with Crippen LogP contribution >= 0.6 is 0 Å². The number of pyridine rings is 1. The third kappa shape index (κ3) is 4.14. The van der Waals surface area contributed by atoms with Crippen molar-refractivity contribution >= 4 is 5.82 Å². The average Bonchev–Trinajstić information content (AvgIpc) is 3.18. The van der Waals surface area contributed by atoms with Crippen LogP contribution in [0.5, 0.6) is 0 Å². The summed E-state index contributed by atoms with van der Waals surface area (Å²) in [6.45, 7) is 2.23. The average molecular weight is 266 g/mol. The summed E-state index contributed by atoms with van der Waals surface area (Å²) < 4.78 is 14.4. The summed E-state index contributed by atoms with van der Waals surface area (Å²) in [7, 11) is 5.90. The maximum absolute atomic E-state index is 14.4. The molecular formula is C14H23FN4. The van der Waals surface area contributed by atoms with Crippen LogP contribution in [0, 0.1) is 5.82 Å². The SMILES string of the molecule is CN(C)CCN(C)c1nccc(CNC2CC2)c1F. The van der Waals surface area contributed by atoms with Crippen LogP contribution < -0.4 is 10.2 Å². The van der Waals surface area contributed by atoms with E-state index in [4.69, 9.17) is 0 Å². The summed E-state index contributed by atoms with van der Waals surface area (Å²) in [6.07, 6.45) is 4.11. The Morgan fingerprint density at radius 3 is 2.68 bits per heavy atom. The fourth-order valence-corrected chi connectivity index (χ4v) is 1.87. The van der Waals surface area contributed by atoms with Crippen molar-refractivity contribution in [1.82, 2.24) is 15.2 Å². The zero-order valence-corrected chi connectivity index (χ0v) is 12.0. The maximum atomic E-state index is 14.4. The minimum absolute atomic E-state index is 0.197. The monoisotopic (exact) mass is 266 g/mol. The Morgan fingerprint density at radius 1 is 1.32 bits per heavy atom. The number of rotatable bonds is 7. The summed E-state index contributed by atoms with van der Waals surface area (Å²) in [5, 5.41) is 3.34. The largest absolute Gasteiger partial charge is 0.356 e. The molecule has 4 nitrogen and oxygen atoms in total. The second-order valence-corrected chi connectivity index (χ2v) is 5.49. The first-order valence-electron chi connectivity index (χ1n) is 6.80. The molecule has 0 aliphatic heterocycles. The highest BCUT2D eigenvalue weighted by Crippen LogP contribution is 2.22. The third-order valence-electron chi connectivity index (χ3n) is 3.35. The number of nitrogens with one attached hydrogen (secondary N) is 1. The van der Waals surface area contributed by atoms with Crippen LogP contribution in [0.15, 0.2) is 12.3 Å². The lowest BCUT2D eigenvalue weighted by molar-refractivity contribution is 0.415. The standard InChI is InChI=1S/C14H23FN4/c1-18(2)8-9-19(3)14-13(15)11(6-7-16-14)10-17-12-4-5-12/h6-7,12,17H,4-5,8-10H2,1-3H3. The molecule has 1 saturated carbocycles. The van der Waals surface area contributed by atoms with E-state index in [2.05, 4.69) is 15.2 Å². The van der Waals surface area contributed by atoms with Gasteiger partial charge in [-0.05, 0) is 33.0 Å².